The van der Waals surface area contributed by atoms with E-state index in [1.807, 2.05) is 35.1 Å². The first-order valence-electron chi connectivity index (χ1n) is 7.77. The van der Waals surface area contributed by atoms with E-state index in [-0.39, 0.29) is 0 Å². The SMILES string of the molecule is CCCOc1ccc(-c2nn(C(CC)CC)cc2N)cc1. The van der Waals surface area contributed by atoms with Gasteiger partial charge in [0.1, 0.15) is 11.4 Å². The van der Waals surface area contributed by atoms with Crippen molar-refractivity contribution in [3.05, 3.63) is 30.5 Å². The highest BCUT2D eigenvalue weighted by Crippen LogP contribution is 2.28. The molecule has 21 heavy (non-hydrogen) atoms. The van der Waals surface area contributed by atoms with Crippen LogP contribution < -0.4 is 10.5 Å². The predicted octanol–water partition coefficient (Wildman–Crippen LogP) is 4.28. The second kappa shape index (κ2) is 7.16. The van der Waals surface area contributed by atoms with Gasteiger partial charge in [0.05, 0.1) is 18.3 Å². The van der Waals surface area contributed by atoms with Gasteiger partial charge in [0, 0.05) is 11.8 Å². The summed E-state index contributed by atoms with van der Waals surface area (Å²) in [4.78, 5) is 0. The minimum atomic E-state index is 0.410. The highest BCUT2D eigenvalue weighted by Gasteiger charge is 2.13. The van der Waals surface area contributed by atoms with Crippen molar-refractivity contribution in [2.75, 3.05) is 12.3 Å². The van der Waals surface area contributed by atoms with Crippen LogP contribution in [0.3, 0.4) is 0 Å². The minimum Gasteiger partial charge on any atom is -0.494 e. The molecule has 4 nitrogen and oxygen atoms in total. The van der Waals surface area contributed by atoms with E-state index in [4.69, 9.17) is 10.5 Å². The van der Waals surface area contributed by atoms with Gasteiger partial charge in [0.15, 0.2) is 0 Å². The quantitative estimate of drug-likeness (QED) is 0.826. The summed E-state index contributed by atoms with van der Waals surface area (Å²) in [5, 5.41) is 4.66. The molecule has 0 fully saturated rings. The lowest BCUT2D eigenvalue weighted by atomic mass is 10.1. The largest absolute Gasteiger partial charge is 0.494 e. The van der Waals surface area contributed by atoms with Crippen molar-refractivity contribution in [3.8, 4) is 17.0 Å². The highest BCUT2D eigenvalue weighted by atomic mass is 16.5. The number of nitrogens with zero attached hydrogens (tertiary/aromatic N) is 2. The topological polar surface area (TPSA) is 53.1 Å². The smallest absolute Gasteiger partial charge is 0.119 e. The number of hydrogen-bond donors (Lipinski definition) is 1. The van der Waals surface area contributed by atoms with Gasteiger partial charge in [-0.15, -0.1) is 0 Å². The van der Waals surface area contributed by atoms with E-state index in [1.165, 1.54) is 0 Å². The molecule has 0 aliphatic rings. The van der Waals surface area contributed by atoms with Crippen molar-refractivity contribution >= 4 is 5.69 Å². The fourth-order valence-corrected chi connectivity index (χ4v) is 2.41. The Labute approximate surface area is 126 Å². The average molecular weight is 287 g/mol. The highest BCUT2D eigenvalue weighted by molar-refractivity contribution is 5.72. The van der Waals surface area contributed by atoms with E-state index in [9.17, 15) is 0 Å². The molecule has 114 valence electrons. The van der Waals surface area contributed by atoms with Crippen molar-refractivity contribution in [3.63, 3.8) is 0 Å². The van der Waals surface area contributed by atoms with E-state index in [1.54, 1.807) is 0 Å². The van der Waals surface area contributed by atoms with E-state index in [2.05, 4.69) is 25.9 Å². The lowest BCUT2D eigenvalue weighted by molar-refractivity contribution is 0.317. The molecule has 0 saturated carbocycles. The van der Waals surface area contributed by atoms with Crippen LogP contribution in [0, 0.1) is 0 Å². The number of anilines is 1. The molecule has 0 amide bonds. The van der Waals surface area contributed by atoms with Crippen molar-refractivity contribution in [2.45, 2.75) is 46.1 Å². The molecule has 2 N–H and O–H groups in total. The van der Waals surface area contributed by atoms with Crippen LogP contribution in [-0.4, -0.2) is 16.4 Å². The second-order valence-corrected chi connectivity index (χ2v) is 5.26. The molecule has 0 saturated heterocycles. The second-order valence-electron chi connectivity index (χ2n) is 5.26. The van der Waals surface area contributed by atoms with Crippen molar-refractivity contribution in [2.24, 2.45) is 0 Å². The van der Waals surface area contributed by atoms with Gasteiger partial charge < -0.3 is 10.5 Å². The third-order valence-electron chi connectivity index (χ3n) is 3.68. The summed E-state index contributed by atoms with van der Waals surface area (Å²) in [6.07, 6.45) is 5.06. The average Bonchev–Trinajstić information content (AvgIpc) is 2.89. The minimum absolute atomic E-state index is 0.410. The summed E-state index contributed by atoms with van der Waals surface area (Å²) in [5.74, 6) is 0.888. The van der Waals surface area contributed by atoms with E-state index >= 15 is 0 Å². The molecular weight excluding hydrogens is 262 g/mol. The number of benzene rings is 1. The first kappa shape index (κ1) is 15.4. The Morgan fingerprint density at radius 2 is 1.81 bits per heavy atom. The molecule has 2 aromatic rings. The number of nitrogen functional groups attached to an aromatic ring is 1. The van der Waals surface area contributed by atoms with Gasteiger partial charge >= 0.3 is 0 Å². The predicted molar refractivity (Wildman–Crippen MR) is 87.5 cm³/mol. The zero-order valence-electron chi connectivity index (χ0n) is 13.2. The molecule has 1 aromatic carbocycles. The Morgan fingerprint density at radius 1 is 1.14 bits per heavy atom. The zero-order chi connectivity index (χ0) is 15.2. The standard InChI is InChI=1S/C17H25N3O/c1-4-11-21-15-9-7-13(8-10-15)17-16(18)12-20(19-17)14(5-2)6-3/h7-10,12,14H,4-6,11,18H2,1-3H3. The molecule has 0 atom stereocenters. The van der Waals surface area contributed by atoms with E-state index in [0.717, 1.165) is 48.6 Å². The first-order chi connectivity index (χ1) is 10.2. The normalized spacial score (nSPS) is 11.0. The van der Waals surface area contributed by atoms with Gasteiger partial charge in [-0.25, -0.2) is 0 Å². The number of nitrogens with two attached hydrogens (primary N) is 1. The summed E-state index contributed by atoms with van der Waals surface area (Å²) < 4.78 is 7.59. The van der Waals surface area contributed by atoms with Gasteiger partial charge in [-0.3, -0.25) is 4.68 Å². The Hall–Kier alpha value is -1.97. The maximum absolute atomic E-state index is 6.12. The van der Waals surface area contributed by atoms with E-state index < -0.39 is 0 Å². The summed E-state index contributed by atoms with van der Waals surface area (Å²) >= 11 is 0. The Balaban J connectivity index is 2.21. The third-order valence-corrected chi connectivity index (χ3v) is 3.68. The maximum Gasteiger partial charge on any atom is 0.119 e. The van der Waals surface area contributed by atoms with Gasteiger partial charge in [-0.2, -0.15) is 5.10 Å². The van der Waals surface area contributed by atoms with Crippen molar-refractivity contribution < 1.29 is 4.74 Å². The molecule has 0 bridgehead atoms. The lowest BCUT2D eigenvalue weighted by Crippen LogP contribution is -2.07. The fourth-order valence-electron chi connectivity index (χ4n) is 2.41. The lowest BCUT2D eigenvalue weighted by Gasteiger charge is -2.12. The van der Waals surface area contributed by atoms with Gasteiger partial charge in [-0.1, -0.05) is 20.8 Å². The zero-order valence-corrected chi connectivity index (χ0v) is 13.2. The van der Waals surface area contributed by atoms with Gasteiger partial charge in [0.2, 0.25) is 0 Å². The summed E-state index contributed by atoms with van der Waals surface area (Å²) in [6, 6.07) is 8.39. The number of aromatic nitrogens is 2. The Morgan fingerprint density at radius 3 is 2.38 bits per heavy atom. The molecule has 0 unspecified atom stereocenters. The van der Waals surface area contributed by atoms with Crippen LogP contribution in [0.1, 0.15) is 46.1 Å². The van der Waals surface area contributed by atoms with Crippen molar-refractivity contribution in [1.82, 2.24) is 9.78 Å². The van der Waals surface area contributed by atoms with Crippen LogP contribution in [0.4, 0.5) is 5.69 Å². The van der Waals surface area contributed by atoms with Gasteiger partial charge in [0.25, 0.3) is 0 Å². The van der Waals surface area contributed by atoms with Crippen LogP contribution in [0.25, 0.3) is 11.3 Å². The maximum atomic E-state index is 6.12. The van der Waals surface area contributed by atoms with Crippen LogP contribution in [0.15, 0.2) is 30.5 Å². The van der Waals surface area contributed by atoms with Crippen LogP contribution in [-0.2, 0) is 0 Å². The molecule has 0 radical (unpaired) electrons. The molecule has 4 heteroatoms. The number of hydrogen-bond acceptors (Lipinski definition) is 3. The first-order valence-corrected chi connectivity index (χ1v) is 7.77. The monoisotopic (exact) mass is 287 g/mol. The molecule has 0 aliphatic heterocycles. The van der Waals surface area contributed by atoms with Crippen LogP contribution in [0.2, 0.25) is 0 Å². The molecule has 1 aromatic heterocycles. The summed E-state index contributed by atoms with van der Waals surface area (Å²) in [7, 11) is 0. The Kier molecular flexibility index (Phi) is 5.26. The molecular formula is C17H25N3O. The van der Waals surface area contributed by atoms with Crippen molar-refractivity contribution in [1.29, 1.82) is 0 Å². The molecule has 1 heterocycles. The Bertz CT molecular complexity index is 556. The van der Waals surface area contributed by atoms with Crippen LogP contribution in [0.5, 0.6) is 5.75 Å². The third kappa shape index (κ3) is 3.57. The fraction of sp³-hybridized carbons (Fsp3) is 0.471. The van der Waals surface area contributed by atoms with E-state index in [0.29, 0.717) is 6.04 Å². The molecule has 2 rings (SSSR count). The molecule has 0 aliphatic carbocycles. The van der Waals surface area contributed by atoms with Crippen LogP contribution >= 0.6 is 0 Å². The number of ether oxygens (including phenoxy) is 1. The summed E-state index contributed by atoms with van der Waals surface area (Å²) in [6.45, 7) is 7.18. The summed E-state index contributed by atoms with van der Waals surface area (Å²) in [5.41, 5.74) is 8.73. The number of rotatable bonds is 7. The van der Waals surface area contributed by atoms with Gasteiger partial charge in [-0.05, 0) is 43.5 Å². The molecule has 0 spiro atoms.